The predicted molar refractivity (Wildman–Crippen MR) is 73.0 cm³/mol. The Hall–Kier alpha value is -1.30. The number of carbonyl (C=O) groups is 1. The second-order valence-corrected chi connectivity index (χ2v) is 5.46. The molecule has 2 fully saturated rings. The van der Waals surface area contributed by atoms with Crippen LogP contribution in [0.1, 0.15) is 32.6 Å². The van der Waals surface area contributed by atoms with Crippen LogP contribution < -0.4 is 5.73 Å². The van der Waals surface area contributed by atoms with Crippen molar-refractivity contribution in [3.8, 4) is 0 Å². The fourth-order valence-corrected chi connectivity index (χ4v) is 3.21. The van der Waals surface area contributed by atoms with Crippen LogP contribution in [0.5, 0.6) is 0 Å². The summed E-state index contributed by atoms with van der Waals surface area (Å²) >= 11 is 0. The van der Waals surface area contributed by atoms with Gasteiger partial charge in [0.05, 0.1) is 5.92 Å². The van der Waals surface area contributed by atoms with Gasteiger partial charge in [-0.1, -0.05) is 12.1 Å². The van der Waals surface area contributed by atoms with Gasteiger partial charge < -0.3 is 15.8 Å². The smallest absolute Gasteiger partial charge is 0.233 e. The van der Waals surface area contributed by atoms with Crippen LogP contribution in [0.3, 0.4) is 0 Å². The van der Waals surface area contributed by atoms with Crippen molar-refractivity contribution in [2.24, 2.45) is 16.8 Å². The van der Waals surface area contributed by atoms with Crippen LogP contribution in [0.2, 0.25) is 0 Å². The van der Waals surface area contributed by atoms with Crippen molar-refractivity contribution >= 4 is 11.7 Å². The summed E-state index contributed by atoms with van der Waals surface area (Å²) in [5, 5.41) is 11.8. The van der Waals surface area contributed by atoms with Crippen molar-refractivity contribution in [1.82, 2.24) is 9.80 Å². The molecule has 2 unspecified atom stereocenters. The molecule has 2 aliphatic rings. The average Bonchev–Trinajstić information content (AvgIpc) is 2.76. The maximum atomic E-state index is 12.5. The first kappa shape index (κ1) is 14.1. The minimum atomic E-state index is -0.488. The molecule has 2 atom stereocenters. The first-order valence-corrected chi connectivity index (χ1v) is 7.17. The van der Waals surface area contributed by atoms with E-state index in [2.05, 4.69) is 10.1 Å². The van der Waals surface area contributed by atoms with E-state index in [1.165, 1.54) is 12.8 Å². The number of nitrogens with zero attached hydrogens (tertiary/aromatic N) is 3. The van der Waals surface area contributed by atoms with Crippen LogP contribution in [0.4, 0.5) is 0 Å². The summed E-state index contributed by atoms with van der Waals surface area (Å²) < 4.78 is 0. The van der Waals surface area contributed by atoms with Gasteiger partial charge in [-0.3, -0.25) is 9.69 Å². The monoisotopic (exact) mass is 268 g/mol. The molecule has 1 amide bonds. The van der Waals surface area contributed by atoms with E-state index in [0.717, 1.165) is 32.6 Å². The maximum absolute atomic E-state index is 12.5. The third kappa shape index (κ3) is 3.00. The van der Waals surface area contributed by atoms with Crippen LogP contribution in [0.15, 0.2) is 5.16 Å². The summed E-state index contributed by atoms with van der Waals surface area (Å²) in [6.45, 7) is 5.69. The van der Waals surface area contributed by atoms with Gasteiger partial charge in [-0.2, -0.15) is 0 Å². The number of rotatable bonds is 3. The molecule has 108 valence electrons. The number of oxime groups is 1. The first-order valence-electron chi connectivity index (χ1n) is 7.17. The summed E-state index contributed by atoms with van der Waals surface area (Å²) in [6, 6.07) is 0.497. The van der Waals surface area contributed by atoms with Gasteiger partial charge in [0.15, 0.2) is 5.84 Å². The molecular formula is C13H24N4O2. The number of amidine groups is 1. The Morgan fingerprint density at radius 1 is 1.42 bits per heavy atom. The Kier molecular flexibility index (Phi) is 4.63. The molecule has 0 aromatic rings. The number of hydrogen-bond donors (Lipinski definition) is 2. The molecule has 2 aliphatic heterocycles. The standard InChI is InChI=1S/C13H24N4O2/c1-2-11(12(14)15-19)13(18)17-8-4-7-16-6-3-5-10(16)9-17/h10-11,19H,2-9H2,1H3,(H2,14,15). The van der Waals surface area contributed by atoms with Crippen LogP contribution in [-0.4, -0.2) is 59.0 Å². The molecule has 0 aromatic heterocycles. The van der Waals surface area contributed by atoms with Gasteiger partial charge in [-0.15, -0.1) is 0 Å². The van der Waals surface area contributed by atoms with Gasteiger partial charge in [0, 0.05) is 25.7 Å². The van der Waals surface area contributed by atoms with Gasteiger partial charge >= 0.3 is 0 Å². The molecule has 6 heteroatoms. The lowest BCUT2D eigenvalue weighted by atomic mass is 10.0. The quantitative estimate of drug-likeness (QED) is 0.337. The first-order chi connectivity index (χ1) is 9.17. The summed E-state index contributed by atoms with van der Waals surface area (Å²) in [7, 11) is 0. The average molecular weight is 268 g/mol. The Bertz CT molecular complexity index is 359. The summed E-state index contributed by atoms with van der Waals surface area (Å²) in [5.74, 6) is -0.454. The lowest BCUT2D eigenvalue weighted by molar-refractivity contribution is -0.133. The zero-order chi connectivity index (χ0) is 13.8. The van der Waals surface area contributed by atoms with Gasteiger partial charge in [0.25, 0.3) is 0 Å². The highest BCUT2D eigenvalue weighted by atomic mass is 16.4. The molecule has 0 aliphatic carbocycles. The van der Waals surface area contributed by atoms with Crippen LogP contribution in [-0.2, 0) is 4.79 Å². The van der Waals surface area contributed by atoms with Crippen molar-refractivity contribution in [2.45, 2.75) is 38.6 Å². The number of carbonyl (C=O) groups excluding carboxylic acids is 1. The Morgan fingerprint density at radius 3 is 2.84 bits per heavy atom. The highest BCUT2D eigenvalue weighted by molar-refractivity contribution is 6.02. The minimum absolute atomic E-state index is 0.00606. The Labute approximate surface area is 114 Å². The topological polar surface area (TPSA) is 82.2 Å². The molecule has 2 heterocycles. The summed E-state index contributed by atoms with van der Waals surface area (Å²) in [6.07, 6.45) is 3.97. The zero-order valence-electron chi connectivity index (χ0n) is 11.6. The van der Waals surface area contributed by atoms with Gasteiger partial charge in [0.1, 0.15) is 0 Å². The fourth-order valence-electron chi connectivity index (χ4n) is 3.21. The molecule has 6 nitrogen and oxygen atoms in total. The number of fused-ring (bicyclic) bond motifs is 1. The van der Waals surface area contributed by atoms with Crippen LogP contribution in [0, 0.1) is 5.92 Å². The number of amides is 1. The lowest BCUT2D eigenvalue weighted by Crippen LogP contribution is -2.45. The molecule has 2 rings (SSSR count). The van der Waals surface area contributed by atoms with E-state index in [9.17, 15) is 4.79 Å². The van der Waals surface area contributed by atoms with Gasteiger partial charge in [-0.05, 0) is 32.2 Å². The minimum Gasteiger partial charge on any atom is -0.409 e. The molecule has 0 saturated carbocycles. The largest absolute Gasteiger partial charge is 0.409 e. The highest BCUT2D eigenvalue weighted by Crippen LogP contribution is 2.22. The molecule has 2 saturated heterocycles. The van der Waals surface area contributed by atoms with E-state index in [4.69, 9.17) is 10.9 Å². The highest BCUT2D eigenvalue weighted by Gasteiger charge is 2.33. The Morgan fingerprint density at radius 2 is 2.16 bits per heavy atom. The summed E-state index contributed by atoms with van der Waals surface area (Å²) in [4.78, 5) is 16.9. The third-order valence-corrected chi connectivity index (χ3v) is 4.29. The van der Waals surface area contributed by atoms with E-state index < -0.39 is 5.92 Å². The van der Waals surface area contributed by atoms with E-state index in [-0.39, 0.29) is 11.7 Å². The van der Waals surface area contributed by atoms with Crippen molar-refractivity contribution in [3.63, 3.8) is 0 Å². The van der Waals surface area contributed by atoms with Gasteiger partial charge in [-0.25, -0.2) is 0 Å². The second-order valence-electron chi connectivity index (χ2n) is 5.46. The van der Waals surface area contributed by atoms with E-state index in [1.54, 1.807) is 0 Å². The van der Waals surface area contributed by atoms with Crippen molar-refractivity contribution in [2.75, 3.05) is 26.2 Å². The van der Waals surface area contributed by atoms with Crippen molar-refractivity contribution in [3.05, 3.63) is 0 Å². The van der Waals surface area contributed by atoms with Crippen molar-refractivity contribution < 1.29 is 10.0 Å². The molecule has 0 spiro atoms. The molecule has 19 heavy (non-hydrogen) atoms. The molecule has 0 radical (unpaired) electrons. The van der Waals surface area contributed by atoms with Gasteiger partial charge in [0.2, 0.25) is 5.91 Å². The normalized spacial score (nSPS) is 26.9. The maximum Gasteiger partial charge on any atom is 0.233 e. The number of hydrogen-bond acceptors (Lipinski definition) is 4. The van der Waals surface area contributed by atoms with E-state index in [0.29, 0.717) is 12.5 Å². The number of nitrogens with two attached hydrogens (primary N) is 1. The second kappa shape index (κ2) is 6.23. The van der Waals surface area contributed by atoms with Crippen LogP contribution >= 0.6 is 0 Å². The molecule has 0 aromatic carbocycles. The van der Waals surface area contributed by atoms with Crippen LogP contribution in [0.25, 0.3) is 0 Å². The SMILES string of the molecule is CCC(C(=O)N1CCCN2CCCC2C1)C(N)=NO. The summed E-state index contributed by atoms with van der Waals surface area (Å²) in [5.41, 5.74) is 5.62. The molecule has 0 bridgehead atoms. The zero-order valence-corrected chi connectivity index (χ0v) is 11.6. The van der Waals surface area contributed by atoms with E-state index >= 15 is 0 Å². The van der Waals surface area contributed by atoms with E-state index in [1.807, 2.05) is 11.8 Å². The van der Waals surface area contributed by atoms with Crippen molar-refractivity contribution in [1.29, 1.82) is 0 Å². The third-order valence-electron chi connectivity index (χ3n) is 4.29. The Balaban J connectivity index is 2.05. The predicted octanol–water partition coefficient (Wildman–Crippen LogP) is 0.456. The lowest BCUT2D eigenvalue weighted by Gasteiger charge is -2.28. The fraction of sp³-hybridized carbons (Fsp3) is 0.846. The molecular weight excluding hydrogens is 244 g/mol. The molecule has 3 N–H and O–H groups in total.